The predicted molar refractivity (Wildman–Crippen MR) is 49.9 cm³/mol. The molecule has 1 heterocycles. The topological polar surface area (TPSA) is 49.5 Å². The second-order valence-electron chi connectivity index (χ2n) is 3.96. The monoisotopic (exact) mass is 172 g/mol. The Morgan fingerprint density at radius 1 is 1.67 bits per heavy atom. The van der Waals surface area contributed by atoms with Crippen molar-refractivity contribution in [2.24, 2.45) is 11.7 Å². The molecule has 3 heteroatoms. The largest absolute Gasteiger partial charge is 0.395 e. The number of hydrogen-bond acceptors (Lipinski definition) is 3. The number of aliphatic hydroxyl groups is 1. The van der Waals surface area contributed by atoms with Gasteiger partial charge < -0.3 is 15.7 Å². The lowest BCUT2D eigenvalue weighted by Gasteiger charge is -2.37. The molecular formula is C9H20N2O. The molecule has 0 bridgehead atoms. The third kappa shape index (κ3) is 2.19. The van der Waals surface area contributed by atoms with Gasteiger partial charge in [-0.3, -0.25) is 0 Å². The SMILES string of the molecule is CC1CC(C(N)CO)CCN1C. The molecule has 0 aromatic heterocycles. The number of rotatable bonds is 2. The summed E-state index contributed by atoms with van der Waals surface area (Å²) >= 11 is 0. The van der Waals surface area contributed by atoms with E-state index in [-0.39, 0.29) is 12.6 Å². The summed E-state index contributed by atoms with van der Waals surface area (Å²) in [6.07, 6.45) is 2.25. The molecular weight excluding hydrogens is 152 g/mol. The van der Waals surface area contributed by atoms with Crippen LogP contribution in [-0.2, 0) is 0 Å². The third-order valence-corrected chi connectivity index (χ3v) is 3.07. The van der Waals surface area contributed by atoms with Crippen molar-refractivity contribution in [3.63, 3.8) is 0 Å². The number of likely N-dealkylation sites (tertiary alicyclic amines) is 1. The molecule has 1 rings (SSSR count). The van der Waals surface area contributed by atoms with Crippen LogP contribution in [0, 0.1) is 5.92 Å². The van der Waals surface area contributed by atoms with Crippen molar-refractivity contribution in [1.29, 1.82) is 0 Å². The molecule has 0 amide bonds. The molecule has 1 saturated heterocycles. The van der Waals surface area contributed by atoms with E-state index in [1.165, 1.54) is 0 Å². The first-order valence-corrected chi connectivity index (χ1v) is 4.71. The van der Waals surface area contributed by atoms with Crippen molar-refractivity contribution in [3.8, 4) is 0 Å². The molecule has 1 aliphatic heterocycles. The quantitative estimate of drug-likeness (QED) is 0.618. The van der Waals surface area contributed by atoms with E-state index in [9.17, 15) is 0 Å². The molecule has 3 nitrogen and oxygen atoms in total. The average Bonchev–Trinajstić information content (AvgIpc) is 2.08. The van der Waals surface area contributed by atoms with E-state index in [0.717, 1.165) is 19.4 Å². The Morgan fingerprint density at radius 3 is 2.83 bits per heavy atom. The molecule has 0 spiro atoms. The fourth-order valence-electron chi connectivity index (χ4n) is 1.86. The molecule has 72 valence electrons. The highest BCUT2D eigenvalue weighted by Gasteiger charge is 2.26. The van der Waals surface area contributed by atoms with Gasteiger partial charge in [-0.05, 0) is 39.3 Å². The van der Waals surface area contributed by atoms with Crippen LogP contribution >= 0.6 is 0 Å². The molecule has 1 aliphatic rings. The molecule has 3 atom stereocenters. The Labute approximate surface area is 74.5 Å². The molecule has 0 aromatic carbocycles. The third-order valence-electron chi connectivity index (χ3n) is 3.07. The van der Waals surface area contributed by atoms with Gasteiger partial charge in [-0.25, -0.2) is 0 Å². The summed E-state index contributed by atoms with van der Waals surface area (Å²) in [6, 6.07) is 0.600. The van der Waals surface area contributed by atoms with Gasteiger partial charge in [0.1, 0.15) is 0 Å². The van der Waals surface area contributed by atoms with Crippen LogP contribution in [0.5, 0.6) is 0 Å². The van der Waals surface area contributed by atoms with Gasteiger partial charge in [-0.1, -0.05) is 0 Å². The van der Waals surface area contributed by atoms with Gasteiger partial charge in [0.15, 0.2) is 0 Å². The fraction of sp³-hybridized carbons (Fsp3) is 1.00. The van der Waals surface area contributed by atoms with E-state index in [2.05, 4.69) is 18.9 Å². The Balaban J connectivity index is 2.39. The molecule has 1 fully saturated rings. The summed E-state index contributed by atoms with van der Waals surface area (Å²) in [5.41, 5.74) is 5.79. The summed E-state index contributed by atoms with van der Waals surface area (Å²) < 4.78 is 0. The molecule has 3 unspecified atom stereocenters. The predicted octanol–water partition coefficient (Wildman–Crippen LogP) is 0.0363. The van der Waals surface area contributed by atoms with Crippen LogP contribution < -0.4 is 5.73 Å². The molecule has 12 heavy (non-hydrogen) atoms. The van der Waals surface area contributed by atoms with Crippen molar-refractivity contribution in [2.75, 3.05) is 20.2 Å². The van der Waals surface area contributed by atoms with Crippen molar-refractivity contribution in [1.82, 2.24) is 4.90 Å². The minimum atomic E-state index is -0.0128. The van der Waals surface area contributed by atoms with Crippen molar-refractivity contribution in [2.45, 2.75) is 31.8 Å². The lowest BCUT2D eigenvalue weighted by molar-refractivity contribution is 0.118. The smallest absolute Gasteiger partial charge is 0.0585 e. The number of piperidine rings is 1. The summed E-state index contributed by atoms with van der Waals surface area (Å²) in [7, 11) is 2.14. The lowest BCUT2D eigenvalue weighted by Crippen LogP contribution is -2.45. The van der Waals surface area contributed by atoms with Crippen molar-refractivity contribution < 1.29 is 5.11 Å². The van der Waals surface area contributed by atoms with E-state index in [4.69, 9.17) is 10.8 Å². The van der Waals surface area contributed by atoms with Crippen LogP contribution in [0.4, 0.5) is 0 Å². The van der Waals surface area contributed by atoms with Gasteiger partial charge in [0.2, 0.25) is 0 Å². The number of aliphatic hydroxyl groups excluding tert-OH is 1. The molecule has 0 saturated carbocycles. The van der Waals surface area contributed by atoms with Gasteiger partial charge in [0.05, 0.1) is 6.61 Å². The van der Waals surface area contributed by atoms with Crippen LogP contribution in [0.25, 0.3) is 0 Å². The summed E-state index contributed by atoms with van der Waals surface area (Å²) in [4.78, 5) is 2.35. The normalized spacial score (nSPS) is 35.0. The second-order valence-corrected chi connectivity index (χ2v) is 3.96. The zero-order valence-electron chi connectivity index (χ0n) is 8.03. The Bertz CT molecular complexity index is 140. The maximum absolute atomic E-state index is 8.90. The molecule has 3 N–H and O–H groups in total. The van der Waals surface area contributed by atoms with E-state index < -0.39 is 0 Å². The van der Waals surface area contributed by atoms with Gasteiger partial charge in [-0.2, -0.15) is 0 Å². The van der Waals surface area contributed by atoms with E-state index in [0.29, 0.717) is 12.0 Å². The number of nitrogens with zero attached hydrogens (tertiary/aromatic N) is 1. The summed E-state index contributed by atoms with van der Waals surface area (Å²) in [5, 5.41) is 8.90. The Morgan fingerprint density at radius 2 is 2.33 bits per heavy atom. The zero-order chi connectivity index (χ0) is 9.14. The standard InChI is InChI=1S/C9H20N2O/c1-7-5-8(9(10)6-12)3-4-11(7)2/h7-9,12H,3-6,10H2,1-2H3. The van der Waals surface area contributed by atoms with Gasteiger partial charge >= 0.3 is 0 Å². The molecule has 0 aromatic rings. The van der Waals surface area contributed by atoms with Crippen LogP contribution in [0.1, 0.15) is 19.8 Å². The highest BCUT2D eigenvalue weighted by atomic mass is 16.3. The van der Waals surface area contributed by atoms with Crippen LogP contribution in [0.2, 0.25) is 0 Å². The lowest BCUT2D eigenvalue weighted by atomic mass is 9.87. The van der Waals surface area contributed by atoms with Crippen LogP contribution in [0.15, 0.2) is 0 Å². The Kier molecular flexibility index (Phi) is 3.50. The first kappa shape index (κ1) is 9.96. The van der Waals surface area contributed by atoms with Gasteiger partial charge in [0, 0.05) is 12.1 Å². The Hall–Kier alpha value is -0.120. The van der Waals surface area contributed by atoms with Crippen molar-refractivity contribution >= 4 is 0 Å². The second kappa shape index (κ2) is 4.21. The van der Waals surface area contributed by atoms with Crippen LogP contribution in [0.3, 0.4) is 0 Å². The first-order valence-electron chi connectivity index (χ1n) is 4.71. The highest BCUT2D eigenvalue weighted by Crippen LogP contribution is 2.23. The first-order chi connectivity index (χ1) is 5.65. The number of nitrogens with two attached hydrogens (primary N) is 1. The maximum Gasteiger partial charge on any atom is 0.0585 e. The van der Waals surface area contributed by atoms with E-state index in [1.807, 2.05) is 0 Å². The summed E-state index contributed by atoms with van der Waals surface area (Å²) in [6.45, 7) is 3.46. The van der Waals surface area contributed by atoms with Gasteiger partial charge in [0.25, 0.3) is 0 Å². The number of hydrogen-bond donors (Lipinski definition) is 2. The van der Waals surface area contributed by atoms with E-state index in [1.54, 1.807) is 0 Å². The summed E-state index contributed by atoms with van der Waals surface area (Å²) in [5.74, 6) is 0.515. The molecule has 0 radical (unpaired) electrons. The fourth-order valence-corrected chi connectivity index (χ4v) is 1.86. The van der Waals surface area contributed by atoms with Crippen LogP contribution in [-0.4, -0.2) is 42.3 Å². The maximum atomic E-state index is 8.90. The van der Waals surface area contributed by atoms with Gasteiger partial charge in [-0.15, -0.1) is 0 Å². The van der Waals surface area contributed by atoms with Crippen molar-refractivity contribution in [3.05, 3.63) is 0 Å². The van der Waals surface area contributed by atoms with E-state index >= 15 is 0 Å². The highest BCUT2D eigenvalue weighted by molar-refractivity contribution is 4.82. The zero-order valence-corrected chi connectivity index (χ0v) is 8.03. The molecule has 0 aliphatic carbocycles. The minimum Gasteiger partial charge on any atom is -0.395 e. The average molecular weight is 172 g/mol. The minimum absolute atomic E-state index is 0.0128.